The molecule has 0 aliphatic rings. The standard InChI is InChI=1S/C20H24N2O2/c1-4-22(5-2)20(24)18-13-9-12-17(14-18)19(23)21(3)15-16-10-7-6-8-11-16/h6-14H,4-5,15H2,1-3H3. The van der Waals surface area contributed by atoms with E-state index in [1.165, 1.54) is 0 Å². The fourth-order valence-electron chi connectivity index (χ4n) is 2.63. The topological polar surface area (TPSA) is 40.6 Å². The van der Waals surface area contributed by atoms with Gasteiger partial charge in [-0.25, -0.2) is 0 Å². The van der Waals surface area contributed by atoms with Crippen LogP contribution in [0.15, 0.2) is 54.6 Å². The molecule has 0 fully saturated rings. The van der Waals surface area contributed by atoms with Crippen molar-refractivity contribution in [3.63, 3.8) is 0 Å². The van der Waals surface area contributed by atoms with Crippen molar-refractivity contribution in [3.8, 4) is 0 Å². The van der Waals surface area contributed by atoms with Crippen LogP contribution < -0.4 is 0 Å². The average Bonchev–Trinajstić information content (AvgIpc) is 2.63. The summed E-state index contributed by atoms with van der Waals surface area (Å²) in [6.07, 6.45) is 0. The molecule has 0 aromatic heterocycles. The second kappa shape index (κ2) is 8.29. The van der Waals surface area contributed by atoms with Gasteiger partial charge in [-0.3, -0.25) is 9.59 Å². The number of carbonyl (C=O) groups excluding carboxylic acids is 2. The highest BCUT2D eigenvalue weighted by atomic mass is 16.2. The van der Waals surface area contributed by atoms with Crippen LogP contribution in [0.4, 0.5) is 0 Å². The highest BCUT2D eigenvalue weighted by Gasteiger charge is 2.16. The first kappa shape index (κ1) is 17.7. The number of amides is 2. The third-order valence-corrected chi connectivity index (χ3v) is 4.02. The Morgan fingerprint density at radius 1 is 0.833 bits per heavy atom. The summed E-state index contributed by atoms with van der Waals surface area (Å²) in [7, 11) is 1.77. The van der Waals surface area contributed by atoms with Crippen LogP contribution in [0.5, 0.6) is 0 Å². The molecule has 4 heteroatoms. The normalized spacial score (nSPS) is 10.3. The summed E-state index contributed by atoms with van der Waals surface area (Å²) in [4.78, 5) is 28.5. The number of carbonyl (C=O) groups is 2. The van der Waals surface area contributed by atoms with Crippen LogP contribution in [0.2, 0.25) is 0 Å². The quantitative estimate of drug-likeness (QED) is 0.816. The molecule has 2 aromatic rings. The Morgan fingerprint density at radius 2 is 1.42 bits per heavy atom. The molecular formula is C20H24N2O2. The van der Waals surface area contributed by atoms with Gasteiger partial charge in [-0.2, -0.15) is 0 Å². The van der Waals surface area contributed by atoms with Gasteiger partial charge in [-0.05, 0) is 37.6 Å². The van der Waals surface area contributed by atoms with Gasteiger partial charge in [-0.1, -0.05) is 36.4 Å². The summed E-state index contributed by atoms with van der Waals surface area (Å²) in [5.74, 6) is -0.131. The highest BCUT2D eigenvalue weighted by Crippen LogP contribution is 2.12. The van der Waals surface area contributed by atoms with Gasteiger partial charge in [0.05, 0.1) is 0 Å². The number of nitrogens with zero attached hydrogens (tertiary/aromatic N) is 2. The van der Waals surface area contributed by atoms with Crippen LogP contribution in [0, 0.1) is 0 Å². The fourth-order valence-corrected chi connectivity index (χ4v) is 2.63. The van der Waals surface area contributed by atoms with Crippen molar-refractivity contribution in [2.45, 2.75) is 20.4 Å². The zero-order valence-electron chi connectivity index (χ0n) is 14.5. The van der Waals surface area contributed by atoms with E-state index in [-0.39, 0.29) is 11.8 Å². The van der Waals surface area contributed by atoms with E-state index in [0.717, 1.165) is 5.56 Å². The van der Waals surface area contributed by atoms with Crippen LogP contribution >= 0.6 is 0 Å². The maximum absolute atomic E-state index is 12.6. The lowest BCUT2D eigenvalue weighted by atomic mass is 10.1. The molecule has 0 aliphatic carbocycles. The van der Waals surface area contributed by atoms with Crippen LogP contribution in [0.3, 0.4) is 0 Å². The molecule has 126 valence electrons. The molecule has 0 atom stereocenters. The summed E-state index contributed by atoms with van der Waals surface area (Å²) >= 11 is 0. The maximum atomic E-state index is 12.6. The predicted octanol–water partition coefficient (Wildman–Crippen LogP) is 3.44. The first-order chi connectivity index (χ1) is 11.6. The molecule has 0 radical (unpaired) electrons. The van der Waals surface area contributed by atoms with Gasteiger partial charge >= 0.3 is 0 Å². The van der Waals surface area contributed by atoms with Gasteiger partial charge in [0.15, 0.2) is 0 Å². The molecule has 0 spiro atoms. The molecule has 2 aromatic carbocycles. The summed E-state index contributed by atoms with van der Waals surface area (Å²) in [5.41, 5.74) is 2.16. The van der Waals surface area contributed by atoms with Gasteiger partial charge in [0, 0.05) is 37.8 Å². The Bertz CT molecular complexity index is 694. The van der Waals surface area contributed by atoms with Gasteiger partial charge in [0.2, 0.25) is 0 Å². The Kier molecular flexibility index (Phi) is 6.13. The highest BCUT2D eigenvalue weighted by molar-refractivity contribution is 5.99. The lowest BCUT2D eigenvalue weighted by Gasteiger charge is -2.20. The molecule has 0 aliphatic heterocycles. The van der Waals surface area contributed by atoms with Crippen molar-refractivity contribution in [1.29, 1.82) is 0 Å². The minimum Gasteiger partial charge on any atom is -0.339 e. The smallest absolute Gasteiger partial charge is 0.253 e. The van der Waals surface area contributed by atoms with Gasteiger partial charge in [0.1, 0.15) is 0 Å². The number of benzene rings is 2. The predicted molar refractivity (Wildman–Crippen MR) is 95.9 cm³/mol. The third-order valence-electron chi connectivity index (χ3n) is 4.02. The molecule has 2 amide bonds. The molecular weight excluding hydrogens is 300 g/mol. The second-order valence-corrected chi connectivity index (χ2v) is 5.71. The maximum Gasteiger partial charge on any atom is 0.253 e. The average molecular weight is 324 g/mol. The summed E-state index contributed by atoms with van der Waals surface area (Å²) in [6, 6.07) is 16.8. The SMILES string of the molecule is CCN(CC)C(=O)c1cccc(C(=O)N(C)Cc2ccccc2)c1. The Labute approximate surface area is 143 Å². The zero-order chi connectivity index (χ0) is 17.5. The van der Waals surface area contributed by atoms with E-state index in [1.54, 1.807) is 41.1 Å². The first-order valence-corrected chi connectivity index (χ1v) is 8.25. The number of rotatable bonds is 6. The fraction of sp³-hybridized carbons (Fsp3) is 0.300. The van der Waals surface area contributed by atoms with Crippen molar-refractivity contribution in [2.75, 3.05) is 20.1 Å². The van der Waals surface area contributed by atoms with Gasteiger partial charge < -0.3 is 9.80 Å². The number of hydrogen-bond donors (Lipinski definition) is 0. The summed E-state index contributed by atoms with van der Waals surface area (Å²) < 4.78 is 0. The molecule has 0 saturated carbocycles. The van der Waals surface area contributed by atoms with Crippen LogP contribution in [0.25, 0.3) is 0 Å². The van der Waals surface area contributed by atoms with Crippen LogP contribution in [-0.2, 0) is 6.54 Å². The van der Waals surface area contributed by atoms with Gasteiger partial charge in [-0.15, -0.1) is 0 Å². The molecule has 0 saturated heterocycles. The summed E-state index contributed by atoms with van der Waals surface area (Å²) in [6.45, 7) is 5.74. The lowest BCUT2D eigenvalue weighted by Crippen LogP contribution is -2.31. The van der Waals surface area contributed by atoms with E-state index < -0.39 is 0 Å². The van der Waals surface area contributed by atoms with Crippen LogP contribution in [0.1, 0.15) is 40.1 Å². The Morgan fingerprint density at radius 3 is 2.00 bits per heavy atom. The molecule has 0 unspecified atom stereocenters. The minimum absolute atomic E-state index is 0.0413. The Balaban J connectivity index is 2.15. The van der Waals surface area contributed by atoms with E-state index in [1.807, 2.05) is 44.2 Å². The van der Waals surface area contributed by atoms with Crippen molar-refractivity contribution >= 4 is 11.8 Å². The molecule has 0 heterocycles. The largest absolute Gasteiger partial charge is 0.339 e. The molecule has 2 rings (SSSR count). The Hall–Kier alpha value is -2.62. The van der Waals surface area contributed by atoms with E-state index in [4.69, 9.17) is 0 Å². The summed E-state index contributed by atoms with van der Waals surface area (Å²) in [5, 5.41) is 0. The van der Waals surface area contributed by atoms with Crippen LogP contribution in [-0.4, -0.2) is 41.8 Å². The van der Waals surface area contributed by atoms with Gasteiger partial charge in [0.25, 0.3) is 11.8 Å². The van der Waals surface area contributed by atoms with Crippen molar-refractivity contribution < 1.29 is 9.59 Å². The monoisotopic (exact) mass is 324 g/mol. The minimum atomic E-state index is -0.0898. The molecule has 0 bridgehead atoms. The van der Waals surface area contributed by atoms with E-state index in [0.29, 0.717) is 30.8 Å². The van der Waals surface area contributed by atoms with Crippen molar-refractivity contribution in [1.82, 2.24) is 9.80 Å². The van der Waals surface area contributed by atoms with E-state index in [9.17, 15) is 9.59 Å². The van der Waals surface area contributed by atoms with Crippen molar-refractivity contribution in [2.24, 2.45) is 0 Å². The first-order valence-electron chi connectivity index (χ1n) is 8.25. The third kappa shape index (κ3) is 4.22. The molecule has 4 nitrogen and oxygen atoms in total. The molecule has 0 N–H and O–H groups in total. The van der Waals surface area contributed by atoms with E-state index >= 15 is 0 Å². The molecule has 24 heavy (non-hydrogen) atoms. The van der Waals surface area contributed by atoms with Crippen molar-refractivity contribution in [3.05, 3.63) is 71.3 Å². The zero-order valence-corrected chi connectivity index (χ0v) is 14.5. The number of hydrogen-bond acceptors (Lipinski definition) is 2. The second-order valence-electron chi connectivity index (χ2n) is 5.71. The lowest BCUT2D eigenvalue weighted by molar-refractivity contribution is 0.0773. The van der Waals surface area contributed by atoms with E-state index in [2.05, 4.69) is 0 Å².